The molecule has 1 saturated carbocycles. The van der Waals surface area contributed by atoms with Gasteiger partial charge in [0.1, 0.15) is 17.6 Å². The van der Waals surface area contributed by atoms with Crippen LogP contribution in [0.25, 0.3) is 0 Å². The first-order chi connectivity index (χ1) is 19.0. The molecule has 1 fully saturated rings. The predicted octanol–water partition coefficient (Wildman–Crippen LogP) is 4.38. The summed E-state index contributed by atoms with van der Waals surface area (Å²) < 4.78 is 22.1. The van der Waals surface area contributed by atoms with E-state index in [2.05, 4.69) is 0 Å². The predicted molar refractivity (Wildman–Crippen MR) is 138 cm³/mol. The number of ether oxygens (including phenoxy) is 4. The number of carbonyl (C=O) groups excluding carboxylic acids is 4. The molecule has 2 aromatic rings. The van der Waals surface area contributed by atoms with Crippen molar-refractivity contribution in [2.75, 3.05) is 6.61 Å². The summed E-state index contributed by atoms with van der Waals surface area (Å²) in [5.74, 6) is -2.29. The number of hydrogen-bond donors (Lipinski definition) is 0. The largest absolute Gasteiger partial charge is 0.463 e. The fourth-order valence-electron chi connectivity index (χ4n) is 6.54. The van der Waals surface area contributed by atoms with Crippen LogP contribution < -0.4 is 9.47 Å². The maximum absolute atomic E-state index is 13.2. The van der Waals surface area contributed by atoms with Gasteiger partial charge in [-0.25, -0.2) is 9.59 Å². The molecule has 3 aliphatic rings. The topological polar surface area (TPSA) is 148 Å². The molecule has 40 heavy (non-hydrogen) atoms. The van der Waals surface area contributed by atoms with Gasteiger partial charge in [-0.2, -0.15) is 0 Å². The third kappa shape index (κ3) is 4.41. The van der Waals surface area contributed by atoms with Gasteiger partial charge in [0.25, 0.3) is 5.69 Å². The Labute approximate surface area is 229 Å². The molecule has 5 rings (SSSR count). The molecule has 0 amide bonds. The molecule has 0 saturated heterocycles. The van der Waals surface area contributed by atoms with Crippen LogP contribution in [0, 0.1) is 22.0 Å². The van der Waals surface area contributed by atoms with Crippen molar-refractivity contribution in [1.82, 2.24) is 0 Å². The number of carbonyl (C=O) groups is 4. The average Bonchev–Trinajstić information content (AvgIpc) is 3.38. The van der Waals surface area contributed by atoms with Gasteiger partial charge in [0, 0.05) is 48.6 Å². The van der Waals surface area contributed by atoms with E-state index in [-0.39, 0.29) is 41.5 Å². The van der Waals surface area contributed by atoms with Crippen LogP contribution >= 0.6 is 0 Å². The number of fused-ring (bicyclic) bond motifs is 8. The molecule has 2 bridgehead atoms. The van der Waals surface area contributed by atoms with E-state index in [1.54, 1.807) is 26.0 Å². The number of nitro groups is 1. The third-order valence-corrected chi connectivity index (χ3v) is 7.75. The average molecular weight is 550 g/mol. The second kappa shape index (κ2) is 10.2. The van der Waals surface area contributed by atoms with Crippen molar-refractivity contribution < 1.29 is 43.0 Å². The van der Waals surface area contributed by atoms with Crippen LogP contribution in [0.3, 0.4) is 0 Å². The van der Waals surface area contributed by atoms with E-state index >= 15 is 0 Å². The van der Waals surface area contributed by atoms with Crippen LogP contribution in [-0.4, -0.2) is 41.5 Å². The van der Waals surface area contributed by atoms with Crippen LogP contribution in [-0.2, 0) is 23.9 Å². The second-order valence-electron chi connectivity index (χ2n) is 10.0. The van der Waals surface area contributed by atoms with Crippen LogP contribution in [0.15, 0.2) is 47.5 Å². The number of nitrogens with zero attached hydrogens (tertiary/aromatic N) is 1. The Hall–Kier alpha value is -4.54. The fraction of sp³-hybridized carbons (Fsp3) is 0.379. The van der Waals surface area contributed by atoms with Crippen LogP contribution in [0.4, 0.5) is 5.69 Å². The Balaban J connectivity index is 1.51. The Morgan fingerprint density at radius 2 is 1.45 bits per heavy atom. The van der Waals surface area contributed by atoms with Crippen molar-refractivity contribution in [1.29, 1.82) is 0 Å². The lowest BCUT2D eigenvalue weighted by molar-refractivity contribution is -0.384. The Morgan fingerprint density at radius 3 is 1.95 bits per heavy atom. The van der Waals surface area contributed by atoms with E-state index in [0.717, 1.165) is 11.1 Å². The zero-order valence-electron chi connectivity index (χ0n) is 22.3. The van der Waals surface area contributed by atoms with Crippen molar-refractivity contribution in [2.45, 2.75) is 52.1 Å². The molecule has 0 radical (unpaired) electrons. The normalized spacial score (nSPS) is 22.4. The molecule has 5 atom stereocenters. The monoisotopic (exact) mass is 549 g/mol. The van der Waals surface area contributed by atoms with Gasteiger partial charge < -0.3 is 18.9 Å². The van der Waals surface area contributed by atoms with Crippen molar-refractivity contribution in [3.63, 3.8) is 0 Å². The number of nitro benzene ring substituents is 1. The summed E-state index contributed by atoms with van der Waals surface area (Å²) in [6.45, 7) is 6.13. The van der Waals surface area contributed by atoms with Crippen molar-refractivity contribution in [3.8, 4) is 11.5 Å². The van der Waals surface area contributed by atoms with Crippen LogP contribution in [0.1, 0.15) is 67.4 Å². The highest BCUT2D eigenvalue weighted by Crippen LogP contribution is 2.71. The number of benzene rings is 2. The van der Waals surface area contributed by atoms with Crippen molar-refractivity contribution in [3.05, 3.63) is 74.3 Å². The molecule has 11 nitrogen and oxygen atoms in total. The molecular weight excluding hydrogens is 522 g/mol. The van der Waals surface area contributed by atoms with E-state index in [1.165, 1.54) is 38.1 Å². The number of esters is 4. The van der Waals surface area contributed by atoms with Gasteiger partial charge in [-0.1, -0.05) is 0 Å². The zero-order valence-corrected chi connectivity index (χ0v) is 22.3. The summed E-state index contributed by atoms with van der Waals surface area (Å²) >= 11 is 0. The summed E-state index contributed by atoms with van der Waals surface area (Å²) in [6.07, 6.45) is -0.188. The van der Waals surface area contributed by atoms with Gasteiger partial charge in [0.05, 0.1) is 17.1 Å². The van der Waals surface area contributed by atoms with E-state index in [1.807, 2.05) is 0 Å². The van der Waals surface area contributed by atoms with Gasteiger partial charge in [-0.05, 0) is 67.9 Å². The number of rotatable bonds is 8. The van der Waals surface area contributed by atoms with Gasteiger partial charge >= 0.3 is 23.9 Å². The first-order valence-corrected chi connectivity index (χ1v) is 12.9. The number of hydrogen-bond acceptors (Lipinski definition) is 10. The van der Waals surface area contributed by atoms with Gasteiger partial charge in [0.15, 0.2) is 0 Å². The molecule has 0 unspecified atom stereocenters. The Morgan fingerprint density at radius 1 is 0.900 bits per heavy atom. The maximum atomic E-state index is 13.2. The fourth-order valence-corrected chi connectivity index (χ4v) is 6.54. The lowest BCUT2D eigenvalue weighted by Crippen LogP contribution is -2.43. The SMILES string of the molecule is CCOC(=O)C1=C([C@H](C)OC(=O)c2ccc([N+](=O)[O-])cc2)[C@H]2[C@@H]1[C@H]1C[C@@H]2c2c(OC(C)=O)ccc(OC(C)=O)c21. The zero-order chi connectivity index (χ0) is 28.9. The van der Waals surface area contributed by atoms with Crippen LogP contribution in [0.2, 0.25) is 0 Å². The summed E-state index contributed by atoms with van der Waals surface area (Å²) in [4.78, 5) is 60.2. The van der Waals surface area contributed by atoms with E-state index in [4.69, 9.17) is 18.9 Å². The van der Waals surface area contributed by atoms with Crippen molar-refractivity contribution >= 4 is 29.6 Å². The van der Waals surface area contributed by atoms with Gasteiger partial charge in [-0.15, -0.1) is 0 Å². The second-order valence-corrected chi connectivity index (χ2v) is 10.0. The van der Waals surface area contributed by atoms with Gasteiger partial charge in [-0.3, -0.25) is 19.7 Å². The van der Waals surface area contributed by atoms with E-state index in [0.29, 0.717) is 29.1 Å². The molecule has 0 heterocycles. The molecule has 208 valence electrons. The molecular formula is C29H27NO10. The first kappa shape index (κ1) is 27.0. The summed E-state index contributed by atoms with van der Waals surface area (Å²) in [7, 11) is 0. The molecule has 11 heteroatoms. The highest BCUT2D eigenvalue weighted by molar-refractivity contribution is 5.95. The highest BCUT2D eigenvalue weighted by atomic mass is 16.6. The Bertz CT molecular complexity index is 1470. The molecule has 2 aromatic carbocycles. The standard InChI is InChI=1S/C29H27NO10/c1-5-37-29(34)27-22(13(2)38-28(33)16-6-8-17(9-7-16)30(35)36)25-18-12-19(26(25)27)24-21(40-15(4)32)11-10-20(23(18)24)39-14(3)31/h6-11,13,18-19,25-26H,5,12H2,1-4H3/t13-,18+,19-,25-,26-/m0/s1. The van der Waals surface area contributed by atoms with Crippen molar-refractivity contribution in [2.24, 2.45) is 11.8 Å². The first-order valence-electron chi connectivity index (χ1n) is 12.9. The molecule has 3 aliphatic carbocycles. The minimum atomic E-state index is -0.806. The summed E-state index contributed by atoms with van der Waals surface area (Å²) in [5, 5.41) is 10.9. The quantitative estimate of drug-likeness (QED) is 0.201. The lowest BCUT2D eigenvalue weighted by atomic mass is 9.58. The maximum Gasteiger partial charge on any atom is 0.338 e. The molecule has 0 aromatic heterocycles. The summed E-state index contributed by atoms with van der Waals surface area (Å²) in [5.41, 5.74) is 2.51. The minimum Gasteiger partial charge on any atom is -0.463 e. The van der Waals surface area contributed by atoms with E-state index in [9.17, 15) is 29.3 Å². The van der Waals surface area contributed by atoms with Gasteiger partial charge in [0.2, 0.25) is 0 Å². The minimum absolute atomic E-state index is 0.132. The van der Waals surface area contributed by atoms with E-state index < -0.39 is 34.9 Å². The highest BCUT2D eigenvalue weighted by Gasteiger charge is 2.63. The van der Waals surface area contributed by atoms with Crippen LogP contribution in [0.5, 0.6) is 11.5 Å². The lowest BCUT2D eigenvalue weighted by Gasteiger charge is -2.46. The number of non-ortho nitro benzene ring substituents is 1. The smallest absolute Gasteiger partial charge is 0.338 e. The Kier molecular flexibility index (Phi) is 6.91. The molecule has 0 aliphatic heterocycles. The summed E-state index contributed by atoms with van der Waals surface area (Å²) in [6, 6.07) is 8.25. The molecule has 0 N–H and O–H groups in total. The third-order valence-electron chi connectivity index (χ3n) is 7.75. The molecule has 0 spiro atoms.